The van der Waals surface area contributed by atoms with Crippen LogP contribution < -0.4 is 0 Å². The molecule has 5 aliphatic rings. The number of rotatable bonds is 4. The van der Waals surface area contributed by atoms with Crippen LogP contribution in [0.15, 0.2) is 182 Å². The van der Waals surface area contributed by atoms with Gasteiger partial charge in [0.25, 0.3) is 0 Å². The maximum absolute atomic E-state index is 2.65. The van der Waals surface area contributed by atoms with Gasteiger partial charge in [-0.1, -0.05) is 140 Å². The molecule has 0 aliphatic heterocycles. The molecule has 1 spiro atoms. The summed E-state index contributed by atoms with van der Waals surface area (Å²) in [4.78, 5) is 0. The number of para-hydroxylation sites is 3. The van der Waals surface area contributed by atoms with E-state index < -0.39 is 0 Å². The lowest BCUT2D eigenvalue weighted by molar-refractivity contribution is -0.0399. The fourth-order valence-electron chi connectivity index (χ4n) is 13.8. The van der Waals surface area contributed by atoms with Gasteiger partial charge in [-0.05, 0) is 137 Å². The number of hydrogen-bond donors (Lipinski definition) is 0. The van der Waals surface area contributed by atoms with E-state index in [1.54, 1.807) is 11.1 Å². The van der Waals surface area contributed by atoms with Crippen molar-refractivity contribution in [2.24, 2.45) is 23.7 Å². The Morgan fingerprint density at radius 2 is 0.950 bits per heavy atom. The Labute approximate surface area is 350 Å². The number of hydrogen-bond acceptors (Lipinski definition) is 0. The van der Waals surface area contributed by atoms with Gasteiger partial charge in [0, 0.05) is 43.9 Å². The molecule has 4 saturated carbocycles. The Morgan fingerprint density at radius 3 is 1.78 bits per heavy atom. The van der Waals surface area contributed by atoms with Crippen LogP contribution >= 0.6 is 0 Å². The Balaban J connectivity index is 1.01. The van der Waals surface area contributed by atoms with E-state index in [1.807, 2.05) is 0 Å². The first-order chi connectivity index (χ1) is 29.7. The predicted octanol–water partition coefficient (Wildman–Crippen LogP) is 14.9. The minimum atomic E-state index is 0.125. The maximum atomic E-state index is 2.65. The summed E-state index contributed by atoms with van der Waals surface area (Å²) in [7, 11) is 0. The summed E-state index contributed by atoms with van der Waals surface area (Å²) in [5.74, 6) is 3.31. The topological polar surface area (TPSA) is 9.86 Å². The quantitative estimate of drug-likeness (QED) is 0.169. The number of nitrogens with zero attached hydrogens (tertiary/aromatic N) is 2. The van der Waals surface area contributed by atoms with Gasteiger partial charge in [-0.15, -0.1) is 0 Å². The number of fused-ring (bicyclic) bond motifs is 9. The van der Waals surface area contributed by atoms with Crippen molar-refractivity contribution in [1.29, 1.82) is 0 Å². The molecule has 2 heterocycles. The molecule has 4 fully saturated rings. The molecule has 0 saturated heterocycles. The molecular formula is C58H44N2. The summed E-state index contributed by atoms with van der Waals surface area (Å²) >= 11 is 0. The standard InChI is InChI=1S/C58H44N2/c1-2-13-38(14-3-1)39-15-10-16-42(34-39)60-53-24-8-5-18-46(53)48-21-11-22-49(57(48)60)47-20-12-26-55-56(47)50-19-6-9-25-54(50)59(55)43-27-28-45-44-17-4-7-23-51(44)58(52(45)35-43)40-30-36-29-37(32-40)33-41(58)31-36/h1-28,34-37,40-41H,29-33H2. The second kappa shape index (κ2) is 12.2. The molecule has 4 bridgehead atoms. The molecule has 5 aliphatic carbocycles. The lowest BCUT2D eigenvalue weighted by Gasteiger charge is -2.61. The molecule has 2 nitrogen and oxygen atoms in total. The van der Waals surface area contributed by atoms with Crippen LogP contribution in [-0.4, -0.2) is 9.13 Å². The highest BCUT2D eigenvalue weighted by Crippen LogP contribution is 2.69. The smallest absolute Gasteiger partial charge is 0.0619 e. The zero-order chi connectivity index (χ0) is 39.1. The first kappa shape index (κ1) is 33.2. The first-order valence-electron chi connectivity index (χ1n) is 22.2. The van der Waals surface area contributed by atoms with E-state index in [0.717, 1.165) is 23.7 Å². The molecular weight excluding hydrogens is 725 g/mol. The van der Waals surface area contributed by atoms with Gasteiger partial charge in [0.05, 0.1) is 22.1 Å². The summed E-state index contributed by atoms with van der Waals surface area (Å²) in [6, 6.07) is 68.8. The second-order valence-electron chi connectivity index (χ2n) is 18.5. The van der Waals surface area contributed by atoms with Gasteiger partial charge >= 0.3 is 0 Å². The van der Waals surface area contributed by atoms with Crippen LogP contribution in [0.4, 0.5) is 0 Å². The van der Waals surface area contributed by atoms with Gasteiger partial charge in [0.1, 0.15) is 0 Å². The van der Waals surface area contributed by atoms with Crippen LogP contribution in [0, 0.1) is 23.7 Å². The normalized spacial score (nSPS) is 22.4. The van der Waals surface area contributed by atoms with E-state index in [0.29, 0.717) is 0 Å². The average molecular weight is 769 g/mol. The zero-order valence-corrected chi connectivity index (χ0v) is 33.6. The molecule has 15 rings (SSSR count). The highest BCUT2D eigenvalue weighted by atomic mass is 15.0. The van der Waals surface area contributed by atoms with Gasteiger partial charge in [0.15, 0.2) is 0 Å². The van der Waals surface area contributed by atoms with E-state index >= 15 is 0 Å². The van der Waals surface area contributed by atoms with Crippen LogP contribution in [0.1, 0.15) is 43.2 Å². The van der Waals surface area contributed by atoms with Crippen molar-refractivity contribution >= 4 is 43.6 Å². The highest BCUT2D eigenvalue weighted by Gasteiger charge is 2.61. The third-order valence-electron chi connectivity index (χ3n) is 15.7. The van der Waals surface area contributed by atoms with E-state index in [9.17, 15) is 0 Å². The van der Waals surface area contributed by atoms with E-state index in [4.69, 9.17) is 0 Å². The molecule has 286 valence electrons. The van der Waals surface area contributed by atoms with Crippen molar-refractivity contribution < 1.29 is 0 Å². The van der Waals surface area contributed by atoms with Crippen molar-refractivity contribution in [3.8, 4) is 44.8 Å². The van der Waals surface area contributed by atoms with Crippen LogP contribution in [0.5, 0.6) is 0 Å². The fraction of sp³-hybridized carbons (Fsp3) is 0.172. The zero-order valence-electron chi connectivity index (χ0n) is 33.6. The van der Waals surface area contributed by atoms with Crippen LogP contribution in [-0.2, 0) is 5.41 Å². The Hall–Kier alpha value is -6.64. The summed E-state index contributed by atoms with van der Waals surface area (Å²) in [6.07, 6.45) is 7.03. The molecule has 2 heteroatoms. The van der Waals surface area contributed by atoms with Crippen molar-refractivity contribution in [2.75, 3.05) is 0 Å². The van der Waals surface area contributed by atoms with Crippen molar-refractivity contribution in [2.45, 2.75) is 37.5 Å². The monoisotopic (exact) mass is 768 g/mol. The van der Waals surface area contributed by atoms with Gasteiger partial charge in [-0.2, -0.15) is 0 Å². The summed E-state index contributed by atoms with van der Waals surface area (Å²) in [5.41, 5.74) is 18.7. The lowest BCUT2D eigenvalue weighted by Crippen LogP contribution is -2.55. The van der Waals surface area contributed by atoms with Gasteiger partial charge in [0.2, 0.25) is 0 Å². The average Bonchev–Trinajstić information content (AvgIpc) is 3.93. The van der Waals surface area contributed by atoms with Crippen molar-refractivity contribution in [3.05, 3.63) is 193 Å². The fourth-order valence-corrected chi connectivity index (χ4v) is 13.8. The molecule has 0 radical (unpaired) electrons. The van der Waals surface area contributed by atoms with Crippen molar-refractivity contribution in [3.63, 3.8) is 0 Å². The SMILES string of the molecule is c1ccc(-c2cccc(-n3c4ccccc4c4cccc(-c5cccc6c5c5ccccc5n6-c5ccc6c(c5)C5(c7ccccc7-6)C6CC7CC(C6)CC5C7)c43)c2)cc1. The molecule has 60 heavy (non-hydrogen) atoms. The van der Waals surface area contributed by atoms with Gasteiger partial charge < -0.3 is 9.13 Å². The maximum Gasteiger partial charge on any atom is 0.0619 e. The molecule has 0 N–H and O–H groups in total. The van der Waals surface area contributed by atoms with Crippen LogP contribution in [0.2, 0.25) is 0 Å². The predicted molar refractivity (Wildman–Crippen MR) is 249 cm³/mol. The first-order valence-corrected chi connectivity index (χ1v) is 22.2. The number of benzene rings is 8. The Morgan fingerprint density at radius 1 is 0.367 bits per heavy atom. The molecule has 0 atom stereocenters. The Bertz CT molecular complexity index is 3370. The molecule has 2 aromatic heterocycles. The number of aromatic nitrogens is 2. The minimum Gasteiger partial charge on any atom is -0.309 e. The van der Waals surface area contributed by atoms with Crippen LogP contribution in [0.25, 0.3) is 88.4 Å². The van der Waals surface area contributed by atoms with E-state index in [1.165, 1.54) is 120 Å². The third-order valence-corrected chi connectivity index (χ3v) is 15.7. The lowest BCUT2D eigenvalue weighted by atomic mass is 9.43. The third kappa shape index (κ3) is 4.33. The molecule has 8 aromatic carbocycles. The molecule has 0 unspecified atom stereocenters. The van der Waals surface area contributed by atoms with Gasteiger partial charge in [-0.3, -0.25) is 0 Å². The highest BCUT2D eigenvalue weighted by molar-refractivity contribution is 6.20. The second-order valence-corrected chi connectivity index (χ2v) is 18.5. The minimum absolute atomic E-state index is 0.125. The largest absolute Gasteiger partial charge is 0.309 e. The Kier molecular flexibility index (Phi) is 6.76. The summed E-state index contributed by atoms with van der Waals surface area (Å²) in [5, 5.41) is 5.14. The van der Waals surface area contributed by atoms with Crippen LogP contribution in [0.3, 0.4) is 0 Å². The van der Waals surface area contributed by atoms with Crippen molar-refractivity contribution in [1.82, 2.24) is 9.13 Å². The van der Waals surface area contributed by atoms with E-state index in [2.05, 4.69) is 191 Å². The molecule has 10 aromatic rings. The summed E-state index contributed by atoms with van der Waals surface area (Å²) < 4.78 is 5.09. The van der Waals surface area contributed by atoms with E-state index in [-0.39, 0.29) is 5.41 Å². The molecule has 0 amide bonds. The van der Waals surface area contributed by atoms with Gasteiger partial charge in [-0.25, -0.2) is 0 Å². The summed E-state index contributed by atoms with van der Waals surface area (Å²) in [6.45, 7) is 0.